The number of carbonyl (C=O) groups is 1. The summed E-state index contributed by atoms with van der Waals surface area (Å²) in [5, 5.41) is 0. The van der Waals surface area contributed by atoms with Gasteiger partial charge in [-0.25, -0.2) is 8.42 Å². The predicted molar refractivity (Wildman–Crippen MR) is 80.2 cm³/mol. The van der Waals surface area contributed by atoms with Crippen molar-refractivity contribution in [3.63, 3.8) is 0 Å². The van der Waals surface area contributed by atoms with Gasteiger partial charge in [-0.15, -0.1) is 0 Å². The minimum Gasteiger partial charge on any atom is -0.368 e. The number of nitrogens with zero attached hydrogens (tertiary/aromatic N) is 2. The van der Waals surface area contributed by atoms with E-state index in [9.17, 15) is 13.2 Å². The first-order valence-electron chi connectivity index (χ1n) is 6.92. The van der Waals surface area contributed by atoms with E-state index in [4.69, 9.17) is 5.73 Å². The molecule has 1 amide bonds. The van der Waals surface area contributed by atoms with Crippen LogP contribution >= 0.6 is 0 Å². The summed E-state index contributed by atoms with van der Waals surface area (Å²) < 4.78 is 26.5. The summed E-state index contributed by atoms with van der Waals surface area (Å²) in [7, 11) is -3.46. The van der Waals surface area contributed by atoms with Crippen LogP contribution in [0.3, 0.4) is 0 Å². The number of amides is 1. The molecule has 116 valence electrons. The zero-order chi connectivity index (χ0) is 15.6. The molecule has 1 fully saturated rings. The Morgan fingerprint density at radius 1 is 1.14 bits per heavy atom. The summed E-state index contributed by atoms with van der Waals surface area (Å²) in [6, 6.07) is 6.47. The molecule has 1 aliphatic rings. The Hall–Kier alpha value is -1.44. The van der Waals surface area contributed by atoms with Gasteiger partial charge in [-0.3, -0.25) is 9.69 Å². The van der Waals surface area contributed by atoms with Crippen molar-refractivity contribution in [1.82, 2.24) is 9.21 Å². The number of hydrogen-bond acceptors (Lipinski definition) is 4. The predicted octanol–water partition coefficient (Wildman–Crippen LogP) is 0.175. The van der Waals surface area contributed by atoms with Crippen molar-refractivity contribution in [2.45, 2.75) is 24.8 Å². The van der Waals surface area contributed by atoms with E-state index < -0.39 is 10.0 Å². The first kappa shape index (κ1) is 15.9. The third-order valence-corrected chi connectivity index (χ3v) is 5.80. The highest BCUT2D eigenvalue weighted by Crippen LogP contribution is 2.18. The first-order valence-corrected chi connectivity index (χ1v) is 8.36. The average molecular weight is 311 g/mol. The number of rotatable bonds is 4. The van der Waals surface area contributed by atoms with Crippen molar-refractivity contribution in [2.24, 2.45) is 5.73 Å². The van der Waals surface area contributed by atoms with Crippen molar-refractivity contribution < 1.29 is 13.2 Å². The highest BCUT2D eigenvalue weighted by Gasteiger charge is 2.30. The highest BCUT2D eigenvalue weighted by atomic mass is 32.2. The standard InChI is InChI=1S/C14H21N3O3S/c1-11-3-5-13(6-4-11)21(19,20)17-9-7-16(8-10-17)12(2)14(15)18/h3-6,12H,7-10H2,1-2H3,(H2,15,18)/t12-/m1/s1. The van der Waals surface area contributed by atoms with Gasteiger partial charge < -0.3 is 5.73 Å². The fourth-order valence-corrected chi connectivity index (χ4v) is 3.79. The van der Waals surface area contributed by atoms with Crippen LogP contribution in [0, 0.1) is 6.92 Å². The van der Waals surface area contributed by atoms with Crippen LogP contribution in [0.4, 0.5) is 0 Å². The lowest BCUT2D eigenvalue weighted by atomic mass is 10.2. The Bertz CT molecular complexity index is 605. The van der Waals surface area contributed by atoms with Crippen LogP contribution < -0.4 is 5.73 Å². The maximum absolute atomic E-state index is 12.5. The van der Waals surface area contributed by atoms with Crippen molar-refractivity contribution in [2.75, 3.05) is 26.2 Å². The summed E-state index contributed by atoms with van der Waals surface area (Å²) in [5.41, 5.74) is 6.30. The number of benzene rings is 1. The van der Waals surface area contributed by atoms with Crippen LogP contribution in [-0.2, 0) is 14.8 Å². The van der Waals surface area contributed by atoms with Gasteiger partial charge in [0.1, 0.15) is 0 Å². The SMILES string of the molecule is Cc1ccc(S(=O)(=O)N2CCN([C@H](C)C(N)=O)CC2)cc1. The normalized spacial score (nSPS) is 19.3. The molecule has 0 aromatic heterocycles. The molecule has 1 atom stereocenters. The second-order valence-corrected chi connectivity index (χ2v) is 7.27. The molecule has 1 heterocycles. The lowest BCUT2D eigenvalue weighted by Gasteiger charge is -2.36. The molecule has 0 unspecified atom stereocenters. The van der Waals surface area contributed by atoms with E-state index in [1.807, 2.05) is 11.8 Å². The molecule has 2 rings (SSSR count). The zero-order valence-electron chi connectivity index (χ0n) is 12.3. The summed E-state index contributed by atoms with van der Waals surface area (Å²) in [5.74, 6) is -0.384. The lowest BCUT2D eigenvalue weighted by molar-refractivity contribution is -0.123. The van der Waals surface area contributed by atoms with Crippen LogP contribution in [0.15, 0.2) is 29.2 Å². The number of piperazine rings is 1. The van der Waals surface area contributed by atoms with Gasteiger partial charge in [0.15, 0.2) is 0 Å². The monoisotopic (exact) mass is 311 g/mol. The highest BCUT2D eigenvalue weighted by molar-refractivity contribution is 7.89. The molecule has 1 saturated heterocycles. The van der Waals surface area contributed by atoms with E-state index in [2.05, 4.69) is 0 Å². The maximum atomic E-state index is 12.5. The third kappa shape index (κ3) is 3.42. The van der Waals surface area contributed by atoms with Gasteiger partial charge in [0.25, 0.3) is 0 Å². The number of sulfonamides is 1. The quantitative estimate of drug-likeness (QED) is 0.859. The Labute approximate surface area is 125 Å². The third-order valence-electron chi connectivity index (χ3n) is 3.89. The summed E-state index contributed by atoms with van der Waals surface area (Å²) >= 11 is 0. The Balaban J connectivity index is 2.07. The van der Waals surface area contributed by atoms with Gasteiger partial charge in [0, 0.05) is 26.2 Å². The zero-order valence-corrected chi connectivity index (χ0v) is 13.1. The van der Waals surface area contributed by atoms with Gasteiger partial charge in [0.05, 0.1) is 10.9 Å². The van der Waals surface area contributed by atoms with Gasteiger partial charge in [-0.05, 0) is 26.0 Å². The minimum absolute atomic E-state index is 0.310. The molecular formula is C14H21N3O3S. The summed E-state index contributed by atoms with van der Waals surface area (Å²) in [6.45, 7) is 5.42. The molecule has 0 aliphatic carbocycles. The van der Waals surface area contributed by atoms with Gasteiger partial charge >= 0.3 is 0 Å². The Morgan fingerprint density at radius 2 is 1.67 bits per heavy atom. The van der Waals surface area contributed by atoms with Crippen molar-refractivity contribution in [3.8, 4) is 0 Å². The summed E-state index contributed by atoms with van der Waals surface area (Å²) in [4.78, 5) is 13.4. The van der Waals surface area contributed by atoms with E-state index in [1.165, 1.54) is 4.31 Å². The smallest absolute Gasteiger partial charge is 0.243 e. The number of nitrogens with two attached hydrogens (primary N) is 1. The summed E-state index contributed by atoms with van der Waals surface area (Å²) in [6.07, 6.45) is 0. The number of primary amides is 1. The fourth-order valence-electron chi connectivity index (χ4n) is 2.37. The molecule has 0 saturated carbocycles. The van der Waals surface area contributed by atoms with E-state index in [-0.39, 0.29) is 11.9 Å². The Kier molecular flexibility index (Phi) is 4.65. The molecule has 1 aromatic carbocycles. The molecule has 1 aliphatic heterocycles. The second-order valence-electron chi connectivity index (χ2n) is 5.33. The largest absolute Gasteiger partial charge is 0.368 e. The van der Waals surface area contributed by atoms with Crippen LogP contribution in [0.5, 0.6) is 0 Å². The lowest BCUT2D eigenvalue weighted by Crippen LogP contribution is -2.54. The molecule has 21 heavy (non-hydrogen) atoms. The molecular weight excluding hydrogens is 290 g/mol. The molecule has 6 nitrogen and oxygen atoms in total. The van der Waals surface area contributed by atoms with Gasteiger partial charge in [-0.2, -0.15) is 4.31 Å². The molecule has 0 bridgehead atoms. The molecule has 0 spiro atoms. The van der Waals surface area contributed by atoms with E-state index in [1.54, 1.807) is 31.2 Å². The van der Waals surface area contributed by atoms with E-state index in [0.29, 0.717) is 31.1 Å². The van der Waals surface area contributed by atoms with Gasteiger partial charge in [0.2, 0.25) is 15.9 Å². The maximum Gasteiger partial charge on any atom is 0.243 e. The molecule has 1 aromatic rings. The second kappa shape index (κ2) is 6.13. The topological polar surface area (TPSA) is 83.7 Å². The van der Waals surface area contributed by atoms with Crippen molar-refractivity contribution in [3.05, 3.63) is 29.8 Å². The van der Waals surface area contributed by atoms with E-state index in [0.717, 1.165) is 5.56 Å². The average Bonchev–Trinajstić information content (AvgIpc) is 2.47. The van der Waals surface area contributed by atoms with Crippen molar-refractivity contribution >= 4 is 15.9 Å². The van der Waals surface area contributed by atoms with Crippen LogP contribution in [-0.4, -0.2) is 55.8 Å². The van der Waals surface area contributed by atoms with E-state index >= 15 is 0 Å². The number of carbonyl (C=O) groups excluding carboxylic acids is 1. The van der Waals surface area contributed by atoms with Gasteiger partial charge in [-0.1, -0.05) is 17.7 Å². The molecule has 7 heteroatoms. The molecule has 2 N–H and O–H groups in total. The Morgan fingerprint density at radius 3 is 2.14 bits per heavy atom. The van der Waals surface area contributed by atoms with Crippen LogP contribution in [0.1, 0.15) is 12.5 Å². The number of aryl methyl sites for hydroxylation is 1. The molecule has 0 radical (unpaired) electrons. The van der Waals surface area contributed by atoms with Crippen LogP contribution in [0.2, 0.25) is 0 Å². The van der Waals surface area contributed by atoms with Crippen molar-refractivity contribution in [1.29, 1.82) is 0 Å². The minimum atomic E-state index is -3.46. The van der Waals surface area contributed by atoms with Crippen LogP contribution in [0.25, 0.3) is 0 Å². The number of hydrogen-bond donors (Lipinski definition) is 1. The fraction of sp³-hybridized carbons (Fsp3) is 0.500. The first-order chi connectivity index (χ1) is 9.82.